The van der Waals surface area contributed by atoms with Crippen molar-refractivity contribution in [2.75, 3.05) is 26.2 Å². The molecular weight excluding hydrogens is 1160 g/mol. The van der Waals surface area contributed by atoms with E-state index in [9.17, 15) is 44.0 Å². The molecular formula is C70H81FN10O8S. The molecule has 10 rings (SSSR count). The van der Waals surface area contributed by atoms with E-state index in [1.807, 2.05) is 72.4 Å². The van der Waals surface area contributed by atoms with Gasteiger partial charge < -0.3 is 50.3 Å². The minimum Gasteiger partial charge on any atom is -0.483 e. The fourth-order valence-corrected chi connectivity index (χ4v) is 12.8. The van der Waals surface area contributed by atoms with Gasteiger partial charge >= 0.3 is 0 Å². The van der Waals surface area contributed by atoms with Crippen LogP contribution in [0.25, 0.3) is 43.9 Å². The second-order valence-electron chi connectivity index (χ2n) is 25.0. The molecule has 7 aromatic rings. The van der Waals surface area contributed by atoms with Gasteiger partial charge in [0.1, 0.15) is 29.0 Å². The molecule has 0 bridgehead atoms. The Kier molecular flexibility index (Phi) is 20.8. The SMILES string of the molecule is Cc1ncsc1-c1ccc(CNC(=O)[C@@H]2C[C@@H](O)CN2C(=O)[C@@H](NC(=O)C2(F)CC2)C(C)(C)C)c(OCC(=O)NCCCCC(=O)NCCCCC#Cc2cccc(Cn3c(-c4ccccc4)c(-c4ccccc4)c4c(=N)n(C5CCC(O)CC5)cnc43)c2)c1. The molecule has 1 saturated heterocycles. The highest BCUT2D eigenvalue weighted by Gasteiger charge is 2.53. The Hall–Kier alpha value is -8.51. The van der Waals surface area contributed by atoms with Crippen LogP contribution in [0.2, 0.25) is 0 Å². The van der Waals surface area contributed by atoms with Crippen molar-refractivity contribution in [3.8, 4) is 50.4 Å². The first-order chi connectivity index (χ1) is 43.3. The second kappa shape index (κ2) is 29.0. The number of aliphatic hydroxyl groups excluding tert-OH is 2. The third kappa shape index (κ3) is 15.7. The monoisotopic (exact) mass is 1240 g/mol. The average Bonchev–Trinajstić information content (AvgIpc) is 1.59. The lowest BCUT2D eigenvalue weighted by molar-refractivity contribution is -0.145. The van der Waals surface area contributed by atoms with E-state index in [1.54, 1.807) is 38.4 Å². The Morgan fingerprint density at radius 1 is 0.822 bits per heavy atom. The summed E-state index contributed by atoms with van der Waals surface area (Å²) >= 11 is 1.45. The fraction of sp³-hybridized carbons (Fsp3) is 0.429. The maximum Gasteiger partial charge on any atom is 0.258 e. The van der Waals surface area contributed by atoms with Gasteiger partial charge in [-0.05, 0) is 117 Å². The molecule has 2 aliphatic carbocycles. The van der Waals surface area contributed by atoms with Gasteiger partial charge in [0.05, 0.1) is 45.7 Å². The summed E-state index contributed by atoms with van der Waals surface area (Å²) in [5.74, 6) is 4.63. The predicted molar refractivity (Wildman–Crippen MR) is 344 cm³/mol. The Labute approximate surface area is 528 Å². The van der Waals surface area contributed by atoms with E-state index in [2.05, 4.69) is 79.1 Å². The minimum atomic E-state index is -2.00. The van der Waals surface area contributed by atoms with E-state index in [1.165, 1.54) is 16.2 Å². The molecule has 90 heavy (non-hydrogen) atoms. The highest BCUT2D eigenvalue weighted by Crippen LogP contribution is 2.42. The lowest BCUT2D eigenvalue weighted by Crippen LogP contribution is -2.59. The van der Waals surface area contributed by atoms with E-state index in [4.69, 9.17) is 9.72 Å². The predicted octanol–water partition coefficient (Wildman–Crippen LogP) is 9.22. The summed E-state index contributed by atoms with van der Waals surface area (Å²) in [7, 11) is 0. The maximum absolute atomic E-state index is 14.7. The number of nitrogens with zero attached hydrogens (tertiary/aromatic N) is 5. The number of β-amino-alcohol motifs (C(OH)–C–C–N with tert-alkyl or cyclic N) is 1. The van der Waals surface area contributed by atoms with Crippen molar-refractivity contribution >= 4 is 51.9 Å². The molecule has 0 unspecified atom stereocenters. The lowest BCUT2D eigenvalue weighted by atomic mass is 9.85. The first-order valence-electron chi connectivity index (χ1n) is 31.4. The number of alkyl halides is 1. The standard InChI is InChI=1S/C70H81FN10O8S/c1-45-62(90-44-77-45)50-26-27-51(39-75-66(86)55-38-54(83)41-79(55)67(87)63(69(2,3)4)78-68(88)70(71)32-33-70)56(37-50)89-42-58(85)74-35-16-14-25-57(84)73-34-15-6-5-9-18-46-19-17-20-47(36-46)40-80-61(49-23-12-8-13-24-49)59(48-21-10-7-11-22-48)60-64(72)81(43-76-65(60)80)52-28-30-53(82)31-29-52/h7-8,10-13,17,19-24,26-27,36-37,43-44,52-55,63,72,82-83H,5-6,14-16,25,28-35,38-42H2,1-4H3,(H,73,84)(H,74,85)(H,75,86)(H,78,88)/t52?,53?,54-,55+,63-/m1/s1. The first-order valence-corrected chi connectivity index (χ1v) is 32.2. The number of rotatable bonds is 24. The second-order valence-corrected chi connectivity index (χ2v) is 25.9. The van der Waals surface area contributed by atoms with Gasteiger partial charge in [-0.2, -0.15) is 0 Å². The number of thiazole rings is 1. The molecule has 20 heteroatoms. The van der Waals surface area contributed by atoms with Crippen LogP contribution in [0.3, 0.4) is 0 Å². The molecule has 3 atom stereocenters. The van der Waals surface area contributed by atoms with Gasteiger partial charge in [-0.3, -0.25) is 29.4 Å². The molecule has 472 valence electrons. The average molecular weight is 1240 g/mol. The maximum atomic E-state index is 14.7. The van der Waals surface area contributed by atoms with Gasteiger partial charge in [0, 0.05) is 74.7 Å². The van der Waals surface area contributed by atoms with Gasteiger partial charge in [-0.25, -0.2) is 14.4 Å². The van der Waals surface area contributed by atoms with Gasteiger partial charge in [0.2, 0.25) is 17.7 Å². The van der Waals surface area contributed by atoms with Crippen LogP contribution in [0, 0.1) is 29.6 Å². The number of likely N-dealkylation sites (tertiary alicyclic amines) is 1. The van der Waals surface area contributed by atoms with Crippen LogP contribution in [0.1, 0.15) is 133 Å². The number of aliphatic hydroxyl groups is 2. The minimum absolute atomic E-state index is 0.0301. The molecule has 7 N–H and O–H groups in total. The molecule has 1 aliphatic heterocycles. The van der Waals surface area contributed by atoms with Crippen molar-refractivity contribution in [3.63, 3.8) is 0 Å². The smallest absolute Gasteiger partial charge is 0.258 e. The highest BCUT2D eigenvalue weighted by atomic mass is 32.1. The van der Waals surface area contributed by atoms with Crippen molar-refractivity contribution in [3.05, 3.63) is 143 Å². The molecule has 4 aromatic carbocycles. The quantitative estimate of drug-likeness (QED) is 0.0223. The number of halogens is 1. The van der Waals surface area contributed by atoms with Crippen LogP contribution in [0.4, 0.5) is 4.39 Å². The molecule has 4 heterocycles. The number of fused-ring (bicyclic) bond motifs is 1. The third-order valence-corrected chi connectivity index (χ3v) is 18.1. The summed E-state index contributed by atoms with van der Waals surface area (Å²) in [6, 6.07) is 32.1. The Morgan fingerprint density at radius 2 is 1.53 bits per heavy atom. The number of ether oxygens (including phenoxy) is 1. The van der Waals surface area contributed by atoms with E-state index in [-0.39, 0.29) is 62.9 Å². The lowest BCUT2D eigenvalue weighted by Gasteiger charge is -2.35. The number of aryl methyl sites for hydroxylation is 1. The first kappa shape index (κ1) is 64.5. The number of carbonyl (C=O) groups excluding carboxylic acids is 5. The fourth-order valence-electron chi connectivity index (χ4n) is 12.0. The number of amides is 5. The summed E-state index contributed by atoms with van der Waals surface area (Å²) < 4.78 is 25.0. The number of hydrogen-bond donors (Lipinski definition) is 7. The summed E-state index contributed by atoms with van der Waals surface area (Å²) in [6.45, 7) is 8.00. The largest absolute Gasteiger partial charge is 0.483 e. The molecule has 3 aromatic heterocycles. The van der Waals surface area contributed by atoms with Gasteiger partial charge in [0.15, 0.2) is 12.3 Å². The summed E-state index contributed by atoms with van der Waals surface area (Å²) in [4.78, 5) is 78.1. The Balaban J connectivity index is 0.673. The molecule has 5 amide bonds. The van der Waals surface area contributed by atoms with E-state index < -0.39 is 47.0 Å². The zero-order valence-corrected chi connectivity index (χ0v) is 52.5. The summed E-state index contributed by atoms with van der Waals surface area (Å²) in [6.07, 6.45) is 7.35. The van der Waals surface area contributed by atoms with Crippen molar-refractivity contribution in [2.24, 2.45) is 5.41 Å². The van der Waals surface area contributed by atoms with Crippen LogP contribution in [0.15, 0.2) is 115 Å². The number of hydrogen-bond acceptors (Lipinski definition) is 12. The number of carbonyl (C=O) groups is 5. The van der Waals surface area contributed by atoms with Crippen molar-refractivity contribution < 1.29 is 43.3 Å². The molecule has 3 aliphatic rings. The molecule has 2 saturated carbocycles. The third-order valence-electron chi connectivity index (χ3n) is 17.1. The zero-order valence-electron chi connectivity index (χ0n) is 51.7. The van der Waals surface area contributed by atoms with E-state index in [0.717, 1.165) is 86.4 Å². The number of benzene rings is 4. The van der Waals surface area contributed by atoms with Crippen LogP contribution >= 0.6 is 11.3 Å². The van der Waals surface area contributed by atoms with Crippen molar-refractivity contribution in [2.45, 2.75) is 160 Å². The van der Waals surface area contributed by atoms with Crippen molar-refractivity contribution in [1.82, 2.24) is 45.3 Å². The Bertz CT molecular complexity index is 3840. The number of unbranched alkanes of at least 4 members (excludes halogenated alkanes) is 3. The number of aromatic nitrogens is 4. The van der Waals surface area contributed by atoms with Crippen LogP contribution in [0.5, 0.6) is 5.75 Å². The highest BCUT2D eigenvalue weighted by molar-refractivity contribution is 7.13. The van der Waals surface area contributed by atoms with Crippen LogP contribution in [-0.4, -0.2) is 120 Å². The van der Waals surface area contributed by atoms with Gasteiger partial charge in [-0.15, -0.1) is 11.3 Å². The topological polar surface area (TPSA) is 246 Å². The van der Waals surface area contributed by atoms with Gasteiger partial charge in [0.25, 0.3) is 11.8 Å². The molecule has 0 spiro atoms. The van der Waals surface area contributed by atoms with Crippen molar-refractivity contribution in [1.29, 1.82) is 5.41 Å². The summed E-state index contributed by atoms with van der Waals surface area (Å²) in [5, 5.41) is 42.8. The van der Waals surface area contributed by atoms with E-state index >= 15 is 0 Å². The molecule has 0 radical (unpaired) electrons. The normalized spacial score (nSPS) is 18.1. The van der Waals surface area contributed by atoms with E-state index in [0.29, 0.717) is 75.0 Å². The summed E-state index contributed by atoms with van der Waals surface area (Å²) in [5.41, 5.74) is 8.20. The molecule has 18 nitrogen and oxygen atoms in total. The van der Waals surface area contributed by atoms with Crippen LogP contribution < -0.4 is 31.5 Å². The Morgan fingerprint density at radius 3 is 2.23 bits per heavy atom. The van der Waals surface area contributed by atoms with Gasteiger partial charge in [-0.1, -0.05) is 118 Å². The van der Waals surface area contributed by atoms with Crippen LogP contribution in [-0.2, 0) is 37.1 Å². The zero-order chi connectivity index (χ0) is 63.5. The molecule has 3 fully saturated rings. The number of nitrogens with one attached hydrogen (secondary N) is 5.